The fraction of sp³-hybridized carbons (Fsp3) is 0.429. The van der Waals surface area contributed by atoms with Crippen LogP contribution in [0.4, 0.5) is 5.69 Å². The van der Waals surface area contributed by atoms with Gasteiger partial charge in [-0.25, -0.2) is 0 Å². The van der Waals surface area contributed by atoms with Gasteiger partial charge in [-0.1, -0.05) is 0 Å². The van der Waals surface area contributed by atoms with E-state index in [9.17, 15) is 9.59 Å². The molecule has 19 heavy (non-hydrogen) atoms. The second kappa shape index (κ2) is 5.73. The first-order valence-electron chi connectivity index (χ1n) is 6.50. The predicted octanol–water partition coefficient (Wildman–Crippen LogP) is 0.929. The number of carbonyl (C=O) groups excluding carboxylic acids is 2. The Hall–Kier alpha value is -2.04. The SMILES string of the molecule is Cc1cc(N)ccc1C(=O)NCC(=O)N1CCCC1. The van der Waals surface area contributed by atoms with E-state index in [1.54, 1.807) is 23.1 Å². The number of nitrogens with one attached hydrogen (secondary N) is 1. The van der Waals surface area contributed by atoms with Crippen LogP contribution >= 0.6 is 0 Å². The summed E-state index contributed by atoms with van der Waals surface area (Å²) in [5.41, 5.74) is 7.64. The average molecular weight is 261 g/mol. The molecular formula is C14H19N3O2. The summed E-state index contributed by atoms with van der Waals surface area (Å²) < 4.78 is 0. The van der Waals surface area contributed by atoms with E-state index in [0.717, 1.165) is 31.5 Å². The molecule has 0 aromatic heterocycles. The first-order chi connectivity index (χ1) is 9.08. The van der Waals surface area contributed by atoms with Crippen LogP contribution in [0.3, 0.4) is 0 Å². The van der Waals surface area contributed by atoms with Gasteiger partial charge in [-0.05, 0) is 43.5 Å². The molecule has 0 bridgehead atoms. The van der Waals surface area contributed by atoms with Crippen molar-refractivity contribution in [2.45, 2.75) is 19.8 Å². The predicted molar refractivity (Wildman–Crippen MR) is 73.7 cm³/mol. The Morgan fingerprint density at radius 3 is 2.63 bits per heavy atom. The number of nitrogen functional groups attached to an aromatic ring is 1. The monoisotopic (exact) mass is 261 g/mol. The number of amides is 2. The molecule has 0 aliphatic carbocycles. The number of anilines is 1. The van der Waals surface area contributed by atoms with Gasteiger partial charge in [0.25, 0.3) is 5.91 Å². The van der Waals surface area contributed by atoms with Gasteiger partial charge >= 0.3 is 0 Å². The number of carbonyl (C=O) groups is 2. The molecule has 0 spiro atoms. The number of nitrogens with two attached hydrogens (primary N) is 1. The van der Waals surface area contributed by atoms with Crippen LogP contribution in [0.1, 0.15) is 28.8 Å². The third-order valence-corrected chi connectivity index (χ3v) is 3.35. The van der Waals surface area contributed by atoms with Gasteiger partial charge in [-0.3, -0.25) is 9.59 Å². The van der Waals surface area contributed by atoms with Crippen molar-refractivity contribution in [2.24, 2.45) is 0 Å². The fourth-order valence-corrected chi connectivity index (χ4v) is 2.27. The Morgan fingerprint density at radius 2 is 2.00 bits per heavy atom. The van der Waals surface area contributed by atoms with Gasteiger partial charge in [0.05, 0.1) is 6.54 Å². The third kappa shape index (κ3) is 3.24. The standard InChI is InChI=1S/C14H19N3O2/c1-10-8-11(15)4-5-12(10)14(19)16-9-13(18)17-6-2-3-7-17/h4-5,8H,2-3,6-7,9,15H2,1H3,(H,16,19). The average Bonchev–Trinajstić information content (AvgIpc) is 2.89. The third-order valence-electron chi connectivity index (χ3n) is 3.35. The Bertz CT molecular complexity index is 493. The molecule has 0 atom stereocenters. The molecule has 5 nitrogen and oxygen atoms in total. The smallest absolute Gasteiger partial charge is 0.251 e. The molecule has 2 rings (SSSR count). The summed E-state index contributed by atoms with van der Waals surface area (Å²) in [6, 6.07) is 5.11. The van der Waals surface area contributed by atoms with Gasteiger partial charge < -0.3 is 16.0 Å². The molecule has 1 heterocycles. The van der Waals surface area contributed by atoms with Crippen LogP contribution in [0.5, 0.6) is 0 Å². The van der Waals surface area contributed by atoms with Crippen molar-refractivity contribution < 1.29 is 9.59 Å². The number of nitrogens with zero attached hydrogens (tertiary/aromatic N) is 1. The topological polar surface area (TPSA) is 75.4 Å². The summed E-state index contributed by atoms with van der Waals surface area (Å²) in [5.74, 6) is -0.246. The number of hydrogen-bond acceptors (Lipinski definition) is 3. The highest BCUT2D eigenvalue weighted by molar-refractivity contribution is 5.98. The van der Waals surface area contributed by atoms with Crippen molar-refractivity contribution >= 4 is 17.5 Å². The van der Waals surface area contributed by atoms with E-state index in [1.807, 2.05) is 6.92 Å². The molecule has 3 N–H and O–H groups in total. The van der Waals surface area contributed by atoms with Gasteiger partial charge in [-0.15, -0.1) is 0 Å². The molecule has 1 saturated heterocycles. The molecule has 102 valence electrons. The minimum absolute atomic E-state index is 0.0149. The van der Waals surface area contributed by atoms with Crippen LogP contribution in [0.15, 0.2) is 18.2 Å². The lowest BCUT2D eigenvalue weighted by atomic mass is 10.1. The second-order valence-corrected chi connectivity index (χ2v) is 4.84. The normalized spacial score (nSPS) is 14.5. The second-order valence-electron chi connectivity index (χ2n) is 4.84. The van der Waals surface area contributed by atoms with Crippen LogP contribution in [0.25, 0.3) is 0 Å². The molecule has 0 saturated carbocycles. The quantitative estimate of drug-likeness (QED) is 0.795. The van der Waals surface area contributed by atoms with Crippen LogP contribution in [0.2, 0.25) is 0 Å². The summed E-state index contributed by atoms with van der Waals surface area (Å²) in [6.45, 7) is 3.49. The number of likely N-dealkylation sites (tertiary alicyclic amines) is 1. The lowest BCUT2D eigenvalue weighted by Gasteiger charge is -2.15. The van der Waals surface area contributed by atoms with Crippen molar-refractivity contribution in [1.29, 1.82) is 0 Å². The molecule has 0 unspecified atom stereocenters. The maximum absolute atomic E-state index is 12.0. The maximum Gasteiger partial charge on any atom is 0.251 e. The van der Waals surface area contributed by atoms with E-state index in [4.69, 9.17) is 5.73 Å². The van der Waals surface area contributed by atoms with Crippen molar-refractivity contribution in [3.63, 3.8) is 0 Å². The first kappa shape index (κ1) is 13.4. The Balaban J connectivity index is 1.92. The van der Waals surface area contributed by atoms with E-state index in [1.165, 1.54) is 0 Å². The molecule has 1 aliphatic heterocycles. The molecule has 2 amide bonds. The van der Waals surface area contributed by atoms with E-state index in [0.29, 0.717) is 11.3 Å². The van der Waals surface area contributed by atoms with Gasteiger partial charge in [0.1, 0.15) is 0 Å². The van der Waals surface area contributed by atoms with Crippen LogP contribution in [-0.2, 0) is 4.79 Å². The van der Waals surface area contributed by atoms with E-state index >= 15 is 0 Å². The van der Waals surface area contributed by atoms with E-state index in [-0.39, 0.29) is 18.4 Å². The fourth-order valence-electron chi connectivity index (χ4n) is 2.27. The summed E-state index contributed by atoms with van der Waals surface area (Å²) in [4.78, 5) is 25.6. The minimum Gasteiger partial charge on any atom is -0.399 e. The highest BCUT2D eigenvalue weighted by Gasteiger charge is 2.18. The van der Waals surface area contributed by atoms with Gasteiger partial charge in [0.15, 0.2) is 0 Å². The summed E-state index contributed by atoms with van der Waals surface area (Å²) in [5, 5.41) is 2.66. The van der Waals surface area contributed by atoms with E-state index in [2.05, 4.69) is 5.32 Å². The molecule has 1 fully saturated rings. The van der Waals surface area contributed by atoms with Gasteiger partial charge in [-0.2, -0.15) is 0 Å². The number of aryl methyl sites for hydroxylation is 1. The Kier molecular flexibility index (Phi) is 4.04. The van der Waals surface area contributed by atoms with Gasteiger partial charge in [0, 0.05) is 24.3 Å². The van der Waals surface area contributed by atoms with Crippen molar-refractivity contribution in [1.82, 2.24) is 10.2 Å². The zero-order valence-electron chi connectivity index (χ0n) is 11.1. The van der Waals surface area contributed by atoms with Crippen LogP contribution < -0.4 is 11.1 Å². The highest BCUT2D eigenvalue weighted by Crippen LogP contribution is 2.12. The molecule has 1 aromatic carbocycles. The Morgan fingerprint density at radius 1 is 1.32 bits per heavy atom. The molecular weight excluding hydrogens is 242 g/mol. The summed E-state index contributed by atoms with van der Waals surface area (Å²) in [7, 11) is 0. The van der Waals surface area contributed by atoms with Crippen LogP contribution in [0, 0.1) is 6.92 Å². The number of rotatable bonds is 3. The van der Waals surface area contributed by atoms with Crippen molar-refractivity contribution in [2.75, 3.05) is 25.4 Å². The summed E-state index contributed by atoms with van der Waals surface area (Å²) >= 11 is 0. The van der Waals surface area contributed by atoms with Crippen molar-refractivity contribution in [3.8, 4) is 0 Å². The largest absolute Gasteiger partial charge is 0.399 e. The maximum atomic E-state index is 12.0. The molecule has 1 aromatic rings. The van der Waals surface area contributed by atoms with Gasteiger partial charge in [0.2, 0.25) is 5.91 Å². The zero-order chi connectivity index (χ0) is 13.8. The molecule has 0 radical (unpaired) electrons. The molecule has 5 heteroatoms. The lowest BCUT2D eigenvalue weighted by Crippen LogP contribution is -2.38. The van der Waals surface area contributed by atoms with Crippen molar-refractivity contribution in [3.05, 3.63) is 29.3 Å². The lowest BCUT2D eigenvalue weighted by molar-refractivity contribution is -0.129. The van der Waals surface area contributed by atoms with E-state index < -0.39 is 0 Å². The number of benzene rings is 1. The highest BCUT2D eigenvalue weighted by atomic mass is 16.2. The van der Waals surface area contributed by atoms with Crippen LogP contribution in [-0.4, -0.2) is 36.3 Å². The number of hydrogen-bond donors (Lipinski definition) is 2. The minimum atomic E-state index is -0.231. The zero-order valence-corrected chi connectivity index (χ0v) is 11.1. The Labute approximate surface area is 112 Å². The summed E-state index contributed by atoms with van der Waals surface area (Å²) in [6.07, 6.45) is 2.10. The molecule has 1 aliphatic rings. The first-order valence-corrected chi connectivity index (χ1v) is 6.50.